The largest absolute Gasteiger partial charge is 0.393 e. The van der Waals surface area contributed by atoms with Crippen molar-refractivity contribution in [3.8, 4) is 0 Å². The number of ketones is 1. The molecule has 1 amide bonds. The van der Waals surface area contributed by atoms with Crippen LogP contribution in [0.3, 0.4) is 0 Å². The summed E-state index contributed by atoms with van der Waals surface area (Å²) in [5.74, 6) is 0.296. The van der Waals surface area contributed by atoms with Crippen LogP contribution in [0, 0.1) is 11.8 Å². The quantitative estimate of drug-likeness (QED) is 0.0621. The van der Waals surface area contributed by atoms with E-state index in [4.69, 9.17) is 10.4 Å². The van der Waals surface area contributed by atoms with Gasteiger partial charge >= 0.3 is 0 Å². The highest BCUT2D eigenvalue weighted by Gasteiger charge is 2.40. The van der Waals surface area contributed by atoms with Gasteiger partial charge in [-0.15, -0.1) is 0 Å². The van der Waals surface area contributed by atoms with Crippen molar-refractivity contribution in [3.63, 3.8) is 0 Å². The smallest absolute Gasteiger partial charge is 0.220 e. The van der Waals surface area contributed by atoms with Gasteiger partial charge in [-0.25, -0.2) is 0 Å². The Kier molecular flexibility index (Phi) is 20.2. The van der Waals surface area contributed by atoms with E-state index in [0.717, 1.165) is 77.8 Å². The van der Waals surface area contributed by atoms with Gasteiger partial charge in [0, 0.05) is 58.5 Å². The van der Waals surface area contributed by atoms with Gasteiger partial charge in [0.1, 0.15) is 5.78 Å². The van der Waals surface area contributed by atoms with Crippen molar-refractivity contribution >= 4 is 11.7 Å². The third-order valence-corrected chi connectivity index (χ3v) is 8.95. The van der Waals surface area contributed by atoms with Gasteiger partial charge in [-0.2, -0.15) is 0 Å². The number of amides is 1. The molecule has 43 heavy (non-hydrogen) atoms. The van der Waals surface area contributed by atoms with Crippen molar-refractivity contribution in [2.45, 2.75) is 115 Å². The topological polar surface area (TPSA) is 146 Å². The lowest BCUT2D eigenvalue weighted by Crippen LogP contribution is -2.47. The van der Waals surface area contributed by atoms with Crippen LogP contribution in [0.5, 0.6) is 0 Å². The van der Waals surface area contributed by atoms with Crippen molar-refractivity contribution in [1.82, 2.24) is 20.5 Å². The fraction of sp³-hybridized carbons (Fsp3) is 0.875. The Labute approximate surface area is 259 Å². The van der Waals surface area contributed by atoms with E-state index in [0.29, 0.717) is 45.1 Å². The molecule has 2 fully saturated rings. The summed E-state index contributed by atoms with van der Waals surface area (Å²) < 4.78 is 0. The predicted octanol–water partition coefficient (Wildman–Crippen LogP) is 3.70. The summed E-state index contributed by atoms with van der Waals surface area (Å²) in [4.78, 5) is 33.9. The molecule has 0 aromatic carbocycles. The highest BCUT2D eigenvalue weighted by atomic mass is 17.1. The molecular formula is C32H60N4O7. The second-order valence-electron chi connectivity index (χ2n) is 12.4. The number of hydrogen-bond acceptors (Lipinski definition) is 10. The first-order valence-electron chi connectivity index (χ1n) is 16.8. The molecule has 0 aromatic rings. The summed E-state index contributed by atoms with van der Waals surface area (Å²) in [6.07, 6.45) is 15.3. The van der Waals surface area contributed by atoms with Crippen LogP contribution in [-0.2, 0) is 14.4 Å². The first kappa shape index (κ1) is 37.7. The number of piperazine rings is 1. The number of carbonyl (C=O) groups excluding carboxylic acids is 2. The van der Waals surface area contributed by atoms with Gasteiger partial charge in [0.2, 0.25) is 5.91 Å². The standard InChI is InChI=1S/C32H60N4O7/c1-2-3-4-5-8-13-27(37)16-17-29-28(30(38)26-31(29)39)14-9-6-7-10-15-32(40)33-18-11-19-34-21-23-35(24-22-34)20-12-25-43-36(41)42/h6,9,28-31,38-39,41-42H,2-5,7-8,10-26H2,1H3,(H,33,40)/b9-6-/t28-,29-,30+,31-/m1/s1. The Hall–Kier alpha value is -1.44. The van der Waals surface area contributed by atoms with E-state index in [9.17, 15) is 19.8 Å². The fourth-order valence-corrected chi connectivity index (χ4v) is 6.33. The minimum Gasteiger partial charge on any atom is -0.393 e. The predicted molar refractivity (Wildman–Crippen MR) is 165 cm³/mol. The number of aliphatic hydroxyl groups excluding tert-OH is 2. The van der Waals surface area contributed by atoms with E-state index in [1.54, 1.807) is 0 Å². The monoisotopic (exact) mass is 612 g/mol. The van der Waals surface area contributed by atoms with E-state index in [-0.39, 0.29) is 35.5 Å². The number of carbonyl (C=O) groups is 2. The maximum atomic E-state index is 12.3. The zero-order valence-corrected chi connectivity index (χ0v) is 26.6. The highest BCUT2D eigenvalue weighted by Crippen LogP contribution is 2.38. The SMILES string of the molecule is CCCCCCCC(=O)CC[C@@H]1[C@@H](C/C=C\CCCC(=O)NCCCN2CCN(CCCON(O)O)CC2)[C@@H](O)C[C@H]1O. The summed E-state index contributed by atoms with van der Waals surface area (Å²) >= 11 is 0. The number of allylic oxidation sites excluding steroid dienone is 2. The molecule has 11 heteroatoms. The van der Waals surface area contributed by atoms with Crippen molar-refractivity contribution in [2.75, 3.05) is 52.4 Å². The van der Waals surface area contributed by atoms with E-state index in [1.165, 1.54) is 19.3 Å². The average molecular weight is 613 g/mol. The van der Waals surface area contributed by atoms with Crippen LogP contribution in [0.15, 0.2) is 12.2 Å². The van der Waals surface area contributed by atoms with E-state index >= 15 is 0 Å². The van der Waals surface area contributed by atoms with Crippen LogP contribution >= 0.6 is 0 Å². The maximum Gasteiger partial charge on any atom is 0.220 e. The van der Waals surface area contributed by atoms with Gasteiger partial charge in [0.25, 0.3) is 0 Å². The number of nitrogens with zero attached hydrogens (tertiary/aromatic N) is 3. The molecule has 4 atom stereocenters. The number of unbranched alkanes of at least 4 members (excludes halogenated alkanes) is 5. The van der Waals surface area contributed by atoms with Gasteiger partial charge in [-0.05, 0) is 69.7 Å². The molecule has 1 aliphatic heterocycles. The van der Waals surface area contributed by atoms with Crippen molar-refractivity contribution in [1.29, 1.82) is 0 Å². The molecule has 0 aromatic heterocycles. The molecule has 1 saturated carbocycles. The molecule has 11 nitrogen and oxygen atoms in total. The third kappa shape index (κ3) is 17.0. The molecule has 2 aliphatic rings. The van der Waals surface area contributed by atoms with Crippen LogP contribution in [0.4, 0.5) is 0 Å². The average Bonchev–Trinajstić information content (AvgIpc) is 3.25. The Morgan fingerprint density at radius 1 is 0.837 bits per heavy atom. The van der Waals surface area contributed by atoms with Crippen LogP contribution in [0.25, 0.3) is 0 Å². The lowest BCUT2D eigenvalue weighted by Gasteiger charge is -2.34. The van der Waals surface area contributed by atoms with E-state index in [2.05, 4.69) is 39.0 Å². The second kappa shape index (κ2) is 23.0. The first-order valence-corrected chi connectivity index (χ1v) is 16.8. The highest BCUT2D eigenvalue weighted by molar-refractivity contribution is 5.78. The second-order valence-corrected chi connectivity index (χ2v) is 12.4. The van der Waals surface area contributed by atoms with Crippen LogP contribution in [-0.4, -0.2) is 112 Å². The molecular weight excluding hydrogens is 552 g/mol. The fourth-order valence-electron chi connectivity index (χ4n) is 6.33. The zero-order chi connectivity index (χ0) is 31.3. The normalized spacial score (nSPS) is 23.5. The van der Waals surface area contributed by atoms with Crippen molar-refractivity contribution in [3.05, 3.63) is 12.2 Å². The van der Waals surface area contributed by atoms with Gasteiger partial charge in [0.15, 0.2) is 0 Å². The first-order chi connectivity index (χ1) is 20.8. The summed E-state index contributed by atoms with van der Waals surface area (Å²) in [5.41, 5.74) is 0. The molecule has 1 aliphatic carbocycles. The summed E-state index contributed by atoms with van der Waals surface area (Å²) in [6, 6.07) is 0. The van der Waals surface area contributed by atoms with Crippen LogP contribution in [0.2, 0.25) is 0 Å². The number of Topliss-reactive ketones (excluding diaryl/α,β-unsaturated/α-hetero) is 1. The third-order valence-electron chi connectivity index (χ3n) is 8.95. The number of nitrogens with one attached hydrogen (secondary N) is 1. The van der Waals surface area contributed by atoms with Crippen molar-refractivity contribution in [2.24, 2.45) is 11.8 Å². The minimum atomic E-state index is -0.544. The van der Waals surface area contributed by atoms with Crippen molar-refractivity contribution < 1.29 is 35.1 Å². The lowest BCUT2D eigenvalue weighted by atomic mass is 9.86. The molecule has 5 N–H and O–H groups in total. The van der Waals surface area contributed by atoms with Gasteiger partial charge in [-0.1, -0.05) is 44.8 Å². The Bertz CT molecular complexity index is 777. The van der Waals surface area contributed by atoms with Gasteiger partial charge < -0.3 is 25.3 Å². The molecule has 2 rings (SSSR count). The summed E-state index contributed by atoms with van der Waals surface area (Å²) in [5, 5.41) is 40.8. The molecule has 250 valence electrons. The molecule has 1 heterocycles. The lowest BCUT2D eigenvalue weighted by molar-refractivity contribution is -0.492. The number of rotatable bonds is 24. The van der Waals surface area contributed by atoms with E-state index in [1.807, 2.05) is 0 Å². The number of hydrogen-bond donors (Lipinski definition) is 5. The summed E-state index contributed by atoms with van der Waals surface area (Å²) in [6.45, 7) is 8.87. The molecule has 0 spiro atoms. The molecule has 0 bridgehead atoms. The minimum absolute atomic E-state index is 0.0188. The molecule has 1 saturated heterocycles. The van der Waals surface area contributed by atoms with Gasteiger partial charge in [0.05, 0.1) is 24.2 Å². The van der Waals surface area contributed by atoms with E-state index < -0.39 is 12.2 Å². The van der Waals surface area contributed by atoms with Crippen LogP contribution < -0.4 is 5.32 Å². The zero-order valence-electron chi connectivity index (χ0n) is 26.6. The molecule has 0 unspecified atom stereocenters. The van der Waals surface area contributed by atoms with Gasteiger partial charge in [-0.3, -0.25) is 24.8 Å². The maximum absolute atomic E-state index is 12.3. The number of aliphatic hydroxyl groups is 2. The Balaban J connectivity index is 1.50. The summed E-state index contributed by atoms with van der Waals surface area (Å²) in [7, 11) is 0. The van der Waals surface area contributed by atoms with Crippen LogP contribution in [0.1, 0.15) is 103 Å². The Morgan fingerprint density at radius 3 is 2.21 bits per heavy atom. The Morgan fingerprint density at radius 2 is 1.51 bits per heavy atom. The molecule has 0 radical (unpaired) electrons.